The molecule has 16 heavy (non-hydrogen) atoms. The monoisotopic (exact) mass is 240 g/mol. The number of carboxylic acids is 1. The quantitative estimate of drug-likeness (QED) is 0.877. The van der Waals surface area contributed by atoms with Gasteiger partial charge in [0.05, 0.1) is 22.7 Å². The van der Waals surface area contributed by atoms with Crippen LogP contribution >= 0.6 is 11.3 Å². The van der Waals surface area contributed by atoms with Gasteiger partial charge in [-0.1, -0.05) is 0 Å². The zero-order chi connectivity index (χ0) is 11.7. The fraction of sp³-hybridized carbons (Fsp3) is 0.636. The zero-order valence-corrected chi connectivity index (χ0v) is 10.3. The highest BCUT2D eigenvalue weighted by molar-refractivity contribution is 7.09. The molecule has 2 unspecified atom stereocenters. The first kappa shape index (κ1) is 11.5. The molecule has 0 radical (unpaired) electrons. The number of thiazole rings is 1. The maximum Gasteiger partial charge on any atom is 0.307 e. The van der Waals surface area contributed by atoms with Crippen molar-refractivity contribution in [1.82, 2.24) is 9.88 Å². The second-order valence-corrected chi connectivity index (χ2v) is 5.35. The molecule has 88 valence electrons. The average molecular weight is 240 g/mol. The summed E-state index contributed by atoms with van der Waals surface area (Å²) in [5.41, 5.74) is 1.06. The van der Waals surface area contributed by atoms with Crippen molar-refractivity contribution in [1.29, 1.82) is 0 Å². The molecule has 5 heteroatoms. The Morgan fingerprint density at radius 2 is 2.50 bits per heavy atom. The lowest BCUT2D eigenvalue weighted by Crippen LogP contribution is -2.26. The molecule has 1 aromatic rings. The van der Waals surface area contributed by atoms with Gasteiger partial charge in [-0.15, -0.1) is 11.3 Å². The average Bonchev–Trinajstić information content (AvgIpc) is 2.84. The van der Waals surface area contributed by atoms with Gasteiger partial charge in [-0.05, 0) is 26.8 Å². The van der Waals surface area contributed by atoms with Gasteiger partial charge in [-0.3, -0.25) is 9.69 Å². The van der Waals surface area contributed by atoms with E-state index >= 15 is 0 Å². The normalized spacial score (nSPS) is 23.5. The van der Waals surface area contributed by atoms with Crippen LogP contribution in [0.4, 0.5) is 0 Å². The first-order chi connectivity index (χ1) is 7.58. The van der Waals surface area contributed by atoms with Gasteiger partial charge in [0.15, 0.2) is 0 Å². The van der Waals surface area contributed by atoms with Gasteiger partial charge in [0.25, 0.3) is 0 Å². The number of hydrogen-bond donors (Lipinski definition) is 1. The van der Waals surface area contributed by atoms with Crippen LogP contribution in [0.15, 0.2) is 5.38 Å². The Balaban J connectivity index is 2.02. The van der Waals surface area contributed by atoms with Crippen molar-refractivity contribution in [2.75, 3.05) is 13.1 Å². The highest BCUT2D eigenvalue weighted by atomic mass is 32.1. The van der Waals surface area contributed by atoms with Gasteiger partial charge in [0.1, 0.15) is 0 Å². The number of carboxylic acid groups (broad SMARTS) is 1. The predicted octanol–water partition coefficient (Wildman–Crippen LogP) is 1.92. The van der Waals surface area contributed by atoms with Gasteiger partial charge < -0.3 is 5.11 Å². The molecule has 2 heterocycles. The van der Waals surface area contributed by atoms with Crippen LogP contribution in [0.25, 0.3) is 0 Å². The van der Waals surface area contributed by atoms with E-state index in [4.69, 9.17) is 5.11 Å². The molecule has 2 rings (SSSR count). The third-order valence-corrected chi connectivity index (χ3v) is 3.97. The van der Waals surface area contributed by atoms with Crippen molar-refractivity contribution < 1.29 is 9.90 Å². The summed E-state index contributed by atoms with van der Waals surface area (Å²) in [7, 11) is 0. The van der Waals surface area contributed by atoms with E-state index in [1.54, 1.807) is 11.3 Å². The SMILES string of the molecule is Cc1nc(C(C)N2CCC(C(=O)O)C2)cs1. The molecule has 2 atom stereocenters. The molecule has 1 fully saturated rings. The highest BCUT2D eigenvalue weighted by Gasteiger charge is 2.31. The Hall–Kier alpha value is -0.940. The topological polar surface area (TPSA) is 53.4 Å². The molecule has 0 amide bonds. The Bertz CT molecular complexity index is 391. The summed E-state index contributed by atoms with van der Waals surface area (Å²) in [6.45, 7) is 5.59. The summed E-state index contributed by atoms with van der Waals surface area (Å²) in [6.07, 6.45) is 0.753. The van der Waals surface area contributed by atoms with E-state index in [0.717, 1.165) is 23.7 Å². The van der Waals surface area contributed by atoms with Crippen molar-refractivity contribution in [2.45, 2.75) is 26.3 Å². The van der Waals surface area contributed by atoms with Crippen LogP contribution in [0, 0.1) is 12.8 Å². The maximum absolute atomic E-state index is 10.9. The number of aryl methyl sites for hydroxylation is 1. The van der Waals surface area contributed by atoms with E-state index < -0.39 is 5.97 Å². The largest absolute Gasteiger partial charge is 0.481 e. The minimum atomic E-state index is -0.677. The molecule has 0 aliphatic carbocycles. The highest BCUT2D eigenvalue weighted by Crippen LogP contribution is 2.27. The van der Waals surface area contributed by atoms with Crippen molar-refractivity contribution in [3.05, 3.63) is 16.1 Å². The standard InChI is InChI=1S/C11H16N2O2S/c1-7(10-6-16-8(2)12-10)13-4-3-9(5-13)11(14)15/h6-7,9H,3-5H2,1-2H3,(H,14,15). The van der Waals surface area contributed by atoms with E-state index in [9.17, 15) is 4.79 Å². The molecule has 0 saturated carbocycles. The van der Waals surface area contributed by atoms with E-state index in [1.807, 2.05) is 6.92 Å². The molecule has 0 bridgehead atoms. The molecule has 1 aliphatic heterocycles. The van der Waals surface area contributed by atoms with Crippen LogP contribution in [-0.2, 0) is 4.79 Å². The summed E-state index contributed by atoms with van der Waals surface area (Å²) < 4.78 is 0. The summed E-state index contributed by atoms with van der Waals surface area (Å²) in [5, 5.41) is 12.1. The Kier molecular flexibility index (Phi) is 3.25. The molecule has 1 N–H and O–H groups in total. The van der Waals surface area contributed by atoms with Crippen molar-refractivity contribution in [3.63, 3.8) is 0 Å². The smallest absolute Gasteiger partial charge is 0.307 e. The molecular formula is C11H16N2O2S. The number of nitrogens with zero attached hydrogens (tertiary/aromatic N) is 2. The lowest BCUT2D eigenvalue weighted by molar-refractivity contribution is -0.141. The number of carbonyl (C=O) groups is 1. The van der Waals surface area contributed by atoms with E-state index in [0.29, 0.717) is 6.54 Å². The van der Waals surface area contributed by atoms with Gasteiger partial charge in [-0.25, -0.2) is 4.98 Å². The molecule has 1 saturated heterocycles. The summed E-state index contributed by atoms with van der Waals surface area (Å²) in [6, 6.07) is 0.231. The Labute approximate surface area is 98.9 Å². The van der Waals surface area contributed by atoms with Crippen molar-refractivity contribution in [3.8, 4) is 0 Å². The Morgan fingerprint density at radius 3 is 3.00 bits per heavy atom. The fourth-order valence-electron chi connectivity index (χ4n) is 2.10. The minimum absolute atomic E-state index is 0.206. The van der Waals surface area contributed by atoms with Gasteiger partial charge >= 0.3 is 5.97 Å². The number of likely N-dealkylation sites (tertiary alicyclic amines) is 1. The van der Waals surface area contributed by atoms with Gasteiger partial charge in [0.2, 0.25) is 0 Å². The lowest BCUT2D eigenvalue weighted by atomic mass is 10.1. The fourth-order valence-corrected chi connectivity index (χ4v) is 2.80. The van der Waals surface area contributed by atoms with Crippen LogP contribution < -0.4 is 0 Å². The van der Waals surface area contributed by atoms with Gasteiger partial charge in [-0.2, -0.15) is 0 Å². The van der Waals surface area contributed by atoms with E-state index in [1.165, 1.54) is 0 Å². The molecule has 0 aromatic carbocycles. The predicted molar refractivity (Wildman–Crippen MR) is 62.6 cm³/mol. The molecule has 0 spiro atoms. The van der Waals surface area contributed by atoms with Crippen LogP contribution in [0.5, 0.6) is 0 Å². The second kappa shape index (κ2) is 4.51. The Morgan fingerprint density at radius 1 is 1.75 bits per heavy atom. The third-order valence-electron chi connectivity index (χ3n) is 3.18. The summed E-state index contributed by atoms with van der Waals surface area (Å²) in [4.78, 5) is 17.5. The first-order valence-corrected chi connectivity index (χ1v) is 6.34. The summed E-state index contributed by atoms with van der Waals surface area (Å²) >= 11 is 1.64. The van der Waals surface area contributed by atoms with Crippen LogP contribution in [0.1, 0.15) is 30.1 Å². The lowest BCUT2D eigenvalue weighted by Gasteiger charge is -2.22. The molecule has 1 aromatic heterocycles. The van der Waals surface area contributed by atoms with E-state index in [2.05, 4.69) is 22.2 Å². The first-order valence-electron chi connectivity index (χ1n) is 5.47. The minimum Gasteiger partial charge on any atom is -0.481 e. The molecular weight excluding hydrogens is 224 g/mol. The molecule has 1 aliphatic rings. The number of rotatable bonds is 3. The van der Waals surface area contributed by atoms with Crippen molar-refractivity contribution >= 4 is 17.3 Å². The number of hydrogen-bond acceptors (Lipinski definition) is 4. The van der Waals surface area contributed by atoms with Crippen LogP contribution in [0.2, 0.25) is 0 Å². The van der Waals surface area contributed by atoms with Crippen molar-refractivity contribution in [2.24, 2.45) is 5.92 Å². The summed E-state index contributed by atoms with van der Waals surface area (Å²) in [5.74, 6) is -0.883. The van der Waals surface area contributed by atoms with Crippen LogP contribution in [0.3, 0.4) is 0 Å². The second-order valence-electron chi connectivity index (χ2n) is 4.29. The van der Waals surface area contributed by atoms with Crippen LogP contribution in [-0.4, -0.2) is 34.0 Å². The zero-order valence-electron chi connectivity index (χ0n) is 9.51. The maximum atomic E-state index is 10.9. The number of aliphatic carboxylic acids is 1. The van der Waals surface area contributed by atoms with Gasteiger partial charge in [0, 0.05) is 11.9 Å². The third kappa shape index (κ3) is 2.25. The number of aromatic nitrogens is 1. The molecule has 4 nitrogen and oxygen atoms in total. The van der Waals surface area contributed by atoms with E-state index in [-0.39, 0.29) is 12.0 Å².